The Morgan fingerprint density at radius 3 is 2.72 bits per heavy atom. The Balaban J connectivity index is 1.69. The molecule has 25 heavy (non-hydrogen) atoms. The zero-order chi connectivity index (χ0) is 17.7. The van der Waals surface area contributed by atoms with E-state index in [0.29, 0.717) is 18.4 Å². The van der Waals surface area contributed by atoms with Crippen LogP contribution < -0.4 is 5.32 Å². The summed E-state index contributed by atoms with van der Waals surface area (Å²) in [5.41, 5.74) is 1.31. The van der Waals surface area contributed by atoms with Gasteiger partial charge in [0, 0.05) is 31.6 Å². The van der Waals surface area contributed by atoms with Crippen molar-refractivity contribution in [1.82, 2.24) is 9.88 Å². The molecule has 1 saturated heterocycles. The molecule has 1 unspecified atom stereocenters. The third-order valence-corrected chi connectivity index (χ3v) is 5.78. The maximum absolute atomic E-state index is 11.9. The number of nitrogens with zero attached hydrogens (tertiary/aromatic N) is 2. The lowest BCUT2D eigenvalue weighted by Gasteiger charge is -2.36. The molecule has 1 fully saturated rings. The van der Waals surface area contributed by atoms with E-state index in [1.165, 1.54) is 24.7 Å². The third-order valence-electron chi connectivity index (χ3n) is 4.65. The molecule has 1 aromatic heterocycles. The number of sulfone groups is 1. The molecule has 6 heteroatoms. The van der Waals surface area contributed by atoms with Gasteiger partial charge in [0.15, 0.2) is 9.84 Å². The lowest BCUT2D eigenvalue weighted by molar-refractivity contribution is 0.148. The van der Waals surface area contributed by atoms with Crippen molar-refractivity contribution in [2.45, 2.75) is 36.7 Å². The molecule has 0 amide bonds. The largest absolute Gasteiger partial charge is 0.367 e. The van der Waals surface area contributed by atoms with Crippen molar-refractivity contribution in [3.8, 4) is 0 Å². The maximum Gasteiger partial charge on any atom is 0.179 e. The average molecular weight is 359 g/mol. The molecule has 1 atom stereocenters. The van der Waals surface area contributed by atoms with Gasteiger partial charge in [-0.1, -0.05) is 36.8 Å². The molecule has 134 valence electrons. The van der Waals surface area contributed by atoms with Crippen LogP contribution in [0.3, 0.4) is 0 Å². The van der Waals surface area contributed by atoms with Crippen molar-refractivity contribution in [2.24, 2.45) is 0 Å². The van der Waals surface area contributed by atoms with E-state index < -0.39 is 9.84 Å². The van der Waals surface area contributed by atoms with E-state index in [2.05, 4.69) is 39.5 Å². The first-order valence-electron chi connectivity index (χ1n) is 8.71. The van der Waals surface area contributed by atoms with E-state index in [4.69, 9.17) is 0 Å². The monoisotopic (exact) mass is 359 g/mol. The highest BCUT2D eigenvalue weighted by Crippen LogP contribution is 2.22. The summed E-state index contributed by atoms with van der Waals surface area (Å²) >= 11 is 0. The van der Waals surface area contributed by atoms with E-state index >= 15 is 0 Å². The number of piperidine rings is 1. The second-order valence-electron chi connectivity index (χ2n) is 6.61. The number of hydrogen-bond donors (Lipinski definition) is 1. The Labute approximate surface area is 150 Å². The van der Waals surface area contributed by atoms with Crippen molar-refractivity contribution in [3.05, 3.63) is 54.2 Å². The first-order valence-corrected chi connectivity index (χ1v) is 10.6. The molecule has 2 aromatic rings. The van der Waals surface area contributed by atoms with Gasteiger partial charge in [-0.2, -0.15) is 0 Å². The summed E-state index contributed by atoms with van der Waals surface area (Å²) in [6.45, 7) is 2.70. The maximum atomic E-state index is 11.9. The van der Waals surface area contributed by atoms with Crippen LogP contribution in [0.15, 0.2) is 53.6 Å². The number of benzene rings is 1. The van der Waals surface area contributed by atoms with Gasteiger partial charge in [-0.15, -0.1) is 0 Å². The van der Waals surface area contributed by atoms with Gasteiger partial charge in [0.05, 0.1) is 0 Å². The Hall–Kier alpha value is -1.92. The van der Waals surface area contributed by atoms with Gasteiger partial charge in [0.1, 0.15) is 10.7 Å². The summed E-state index contributed by atoms with van der Waals surface area (Å²) in [5, 5.41) is 3.27. The molecule has 1 aliphatic rings. The molecule has 2 heterocycles. The molecule has 1 aliphatic heterocycles. The van der Waals surface area contributed by atoms with Gasteiger partial charge in [-0.25, -0.2) is 13.4 Å². The topological polar surface area (TPSA) is 62.3 Å². The van der Waals surface area contributed by atoms with Crippen molar-refractivity contribution >= 4 is 15.7 Å². The Kier molecular flexibility index (Phi) is 5.71. The molecule has 5 nitrogen and oxygen atoms in total. The van der Waals surface area contributed by atoms with E-state index in [-0.39, 0.29) is 4.90 Å². The Morgan fingerprint density at radius 2 is 1.96 bits per heavy atom. The molecular weight excluding hydrogens is 334 g/mol. The van der Waals surface area contributed by atoms with Gasteiger partial charge in [-0.3, -0.25) is 4.90 Å². The van der Waals surface area contributed by atoms with Gasteiger partial charge in [0.2, 0.25) is 0 Å². The zero-order valence-corrected chi connectivity index (χ0v) is 15.4. The molecule has 0 aliphatic carbocycles. The quantitative estimate of drug-likeness (QED) is 0.859. The van der Waals surface area contributed by atoms with Crippen molar-refractivity contribution in [1.29, 1.82) is 0 Å². The van der Waals surface area contributed by atoms with Crippen LogP contribution in [0.25, 0.3) is 0 Å². The summed E-state index contributed by atoms with van der Waals surface area (Å²) < 4.78 is 23.8. The molecule has 1 aromatic carbocycles. The summed E-state index contributed by atoms with van der Waals surface area (Å²) in [5.74, 6) is 0.454. The van der Waals surface area contributed by atoms with Crippen LogP contribution in [0.4, 0.5) is 5.82 Å². The second kappa shape index (κ2) is 7.97. The summed E-state index contributed by atoms with van der Waals surface area (Å²) in [6.07, 6.45) is 6.37. The molecule has 0 radical (unpaired) electrons. The number of aromatic nitrogens is 1. The number of rotatable bonds is 6. The highest BCUT2D eigenvalue weighted by molar-refractivity contribution is 7.90. The Morgan fingerprint density at radius 1 is 1.16 bits per heavy atom. The third kappa shape index (κ3) is 4.80. The SMILES string of the molecule is CS(=O)(=O)c1cccnc1NCC1CCCCN1Cc1ccccc1. The van der Waals surface area contributed by atoms with Crippen LogP contribution in [0.1, 0.15) is 24.8 Å². The fourth-order valence-electron chi connectivity index (χ4n) is 3.35. The second-order valence-corrected chi connectivity index (χ2v) is 8.59. The predicted molar refractivity (Wildman–Crippen MR) is 100 cm³/mol. The van der Waals surface area contributed by atoms with Crippen molar-refractivity contribution in [2.75, 3.05) is 24.7 Å². The van der Waals surface area contributed by atoms with Crippen LogP contribution in [-0.4, -0.2) is 43.7 Å². The van der Waals surface area contributed by atoms with Gasteiger partial charge >= 0.3 is 0 Å². The lowest BCUT2D eigenvalue weighted by Crippen LogP contribution is -2.43. The van der Waals surface area contributed by atoms with Crippen LogP contribution in [0.2, 0.25) is 0 Å². The van der Waals surface area contributed by atoms with Crippen LogP contribution in [0.5, 0.6) is 0 Å². The fraction of sp³-hybridized carbons (Fsp3) is 0.421. The number of anilines is 1. The number of hydrogen-bond acceptors (Lipinski definition) is 5. The van der Waals surface area contributed by atoms with Crippen LogP contribution >= 0.6 is 0 Å². The predicted octanol–water partition coefficient (Wildman–Crippen LogP) is 2.95. The lowest BCUT2D eigenvalue weighted by atomic mass is 10.0. The zero-order valence-electron chi connectivity index (χ0n) is 14.6. The van der Waals surface area contributed by atoms with Crippen LogP contribution in [0, 0.1) is 0 Å². The Bertz CT molecular complexity index is 793. The van der Waals surface area contributed by atoms with Gasteiger partial charge in [-0.05, 0) is 37.1 Å². The van der Waals surface area contributed by atoms with Gasteiger partial charge < -0.3 is 5.32 Å². The normalized spacial score (nSPS) is 18.8. The summed E-state index contributed by atoms with van der Waals surface area (Å²) in [7, 11) is -3.29. The minimum absolute atomic E-state index is 0.264. The number of pyridine rings is 1. The van der Waals surface area contributed by atoms with Crippen molar-refractivity contribution in [3.63, 3.8) is 0 Å². The minimum atomic E-state index is -3.29. The standard InChI is InChI=1S/C19H25N3O2S/c1-25(23,24)18-11-7-12-20-19(18)21-14-17-10-5-6-13-22(17)15-16-8-3-2-4-9-16/h2-4,7-9,11-12,17H,5-6,10,13-15H2,1H3,(H,20,21). The van der Waals surface area contributed by atoms with E-state index in [1.807, 2.05) is 6.07 Å². The first kappa shape index (κ1) is 17.9. The van der Waals surface area contributed by atoms with Crippen LogP contribution in [-0.2, 0) is 16.4 Å². The molecule has 3 rings (SSSR count). The summed E-state index contributed by atoms with van der Waals surface area (Å²) in [6, 6.07) is 14.1. The molecule has 0 bridgehead atoms. The number of nitrogens with one attached hydrogen (secondary N) is 1. The molecular formula is C19H25N3O2S. The average Bonchev–Trinajstić information content (AvgIpc) is 2.61. The van der Waals surface area contributed by atoms with E-state index in [9.17, 15) is 8.42 Å². The number of likely N-dealkylation sites (tertiary alicyclic amines) is 1. The first-order chi connectivity index (χ1) is 12.0. The fourth-order valence-corrected chi connectivity index (χ4v) is 4.16. The molecule has 0 saturated carbocycles. The molecule has 1 N–H and O–H groups in total. The highest BCUT2D eigenvalue weighted by atomic mass is 32.2. The van der Waals surface area contributed by atoms with Crippen molar-refractivity contribution < 1.29 is 8.42 Å². The van der Waals surface area contributed by atoms with Gasteiger partial charge in [0.25, 0.3) is 0 Å². The smallest absolute Gasteiger partial charge is 0.179 e. The van der Waals surface area contributed by atoms with E-state index in [1.54, 1.807) is 18.3 Å². The minimum Gasteiger partial charge on any atom is -0.367 e. The van der Waals surface area contributed by atoms with E-state index in [0.717, 1.165) is 19.5 Å². The summed E-state index contributed by atoms with van der Waals surface area (Å²) in [4.78, 5) is 6.98. The highest BCUT2D eigenvalue weighted by Gasteiger charge is 2.23. The molecule has 0 spiro atoms.